The van der Waals surface area contributed by atoms with Gasteiger partial charge in [0.15, 0.2) is 0 Å². The molecule has 1 aromatic heterocycles. The van der Waals surface area contributed by atoms with Crippen molar-refractivity contribution in [2.45, 2.75) is 37.0 Å². The minimum atomic E-state index is 0.256. The van der Waals surface area contributed by atoms with Gasteiger partial charge in [0.05, 0.1) is 0 Å². The lowest BCUT2D eigenvalue weighted by Crippen LogP contribution is -2.50. The standard InChI is InChI=1S/C12H19N3S/c1-12(6-4-8-16-12)11(15-13)9-10-5-2-3-7-14-10/h2-3,5,7,11,15H,4,6,8-9,13H2,1H3. The van der Waals surface area contributed by atoms with Crippen LogP contribution in [0, 0.1) is 0 Å². The van der Waals surface area contributed by atoms with Crippen molar-refractivity contribution in [3.8, 4) is 0 Å². The summed E-state index contributed by atoms with van der Waals surface area (Å²) in [6, 6.07) is 6.34. The average Bonchev–Trinajstić information content (AvgIpc) is 2.75. The maximum atomic E-state index is 5.69. The van der Waals surface area contributed by atoms with Gasteiger partial charge >= 0.3 is 0 Å². The van der Waals surface area contributed by atoms with Crippen molar-refractivity contribution in [3.63, 3.8) is 0 Å². The van der Waals surface area contributed by atoms with Gasteiger partial charge < -0.3 is 0 Å². The molecule has 88 valence electrons. The van der Waals surface area contributed by atoms with Crippen LogP contribution in [0.1, 0.15) is 25.5 Å². The monoisotopic (exact) mass is 237 g/mol. The van der Waals surface area contributed by atoms with Crippen LogP contribution in [-0.2, 0) is 6.42 Å². The first kappa shape index (κ1) is 11.9. The molecule has 2 unspecified atom stereocenters. The highest BCUT2D eigenvalue weighted by Gasteiger charge is 2.37. The molecular formula is C12H19N3S. The fourth-order valence-corrected chi connectivity index (χ4v) is 3.65. The van der Waals surface area contributed by atoms with Gasteiger partial charge in [-0.25, -0.2) is 0 Å². The SMILES string of the molecule is CC1(C(Cc2ccccn2)NN)CCCS1. The minimum Gasteiger partial charge on any atom is -0.271 e. The Labute approximate surface area is 101 Å². The van der Waals surface area contributed by atoms with Gasteiger partial charge in [-0.3, -0.25) is 16.3 Å². The molecule has 1 saturated heterocycles. The zero-order valence-electron chi connectivity index (χ0n) is 9.65. The summed E-state index contributed by atoms with van der Waals surface area (Å²) in [6.07, 6.45) is 5.27. The molecule has 4 heteroatoms. The average molecular weight is 237 g/mol. The summed E-state index contributed by atoms with van der Waals surface area (Å²) >= 11 is 2.03. The number of pyridine rings is 1. The lowest BCUT2D eigenvalue weighted by atomic mass is 9.93. The number of aromatic nitrogens is 1. The highest BCUT2D eigenvalue weighted by molar-refractivity contribution is 8.00. The molecule has 0 spiro atoms. The highest BCUT2D eigenvalue weighted by atomic mass is 32.2. The molecule has 2 rings (SSSR count). The van der Waals surface area contributed by atoms with Gasteiger partial charge in [-0.15, -0.1) is 0 Å². The molecule has 3 N–H and O–H groups in total. The summed E-state index contributed by atoms with van der Waals surface area (Å²) in [5.41, 5.74) is 4.08. The Morgan fingerprint density at radius 1 is 1.62 bits per heavy atom. The van der Waals surface area contributed by atoms with E-state index in [0.29, 0.717) is 6.04 Å². The van der Waals surface area contributed by atoms with E-state index in [9.17, 15) is 0 Å². The molecule has 0 bridgehead atoms. The van der Waals surface area contributed by atoms with Crippen LogP contribution in [0.15, 0.2) is 24.4 Å². The van der Waals surface area contributed by atoms with E-state index in [4.69, 9.17) is 5.84 Å². The van der Waals surface area contributed by atoms with Crippen LogP contribution in [0.5, 0.6) is 0 Å². The van der Waals surface area contributed by atoms with Gasteiger partial charge in [0, 0.05) is 29.1 Å². The quantitative estimate of drug-likeness (QED) is 0.619. The molecule has 0 amide bonds. The van der Waals surface area contributed by atoms with Crippen molar-refractivity contribution in [2.75, 3.05) is 5.75 Å². The van der Waals surface area contributed by atoms with Gasteiger partial charge in [0.2, 0.25) is 0 Å². The van der Waals surface area contributed by atoms with E-state index >= 15 is 0 Å². The fourth-order valence-electron chi connectivity index (χ4n) is 2.25. The van der Waals surface area contributed by atoms with E-state index in [-0.39, 0.29) is 4.75 Å². The van der Waals surface area contributed by atoms with Crippen LogP contribution < -0.4 is 11.3 Å². The van der Waals surface area contributed by atoms with E-state index in [1.807, 2.05) is 30.1 Å². The third-order valence-electron chi connectivity index (χ3n) is 3.33. The van der Waals surface area contributed by atoms with Crippen molar-refractivity contribution >= 4 is 11.8 Å². The Bertz CT molecular complexity index is 322. The Morgan fingerprint density at radius 3 is 3.06 bits per heavy atom. The summed E-state index contributed by atoms with van der Waals surface area (Å²) in [4.78, 5) is 4.36. The summed E-state index contributed by atoms with van der Waals surface area (Å²) < 4.78 is 0.256. The van der Waals surface area contributed by atoms with Crippen molar-refractivity contribution in [1.82, 2.24) is 10.4 Å². The van der Waals surface area contributed by atoms with Gasteiger partial charge in [0.1, 0.15) is 0 Å². The summed E-state index contributed by atoms with van der Waals surface area (Å²) in [7, 11) is 0. The summed E-state index contributed by atoms with van der Waals surface area (Å²) in [6.45, 7) is 2.30. The molecule has 1 aliphatic heterocycles. The minimum absolute atomic E-state index is 0.256. The number of rotatable bonds is 4. The Balaban J connectivity index is 2.06. The van der Waals surface area contributed by atoms with Crippen LogP contribution in [0.4, 0.5) is 0 Å². The first-order valence-corrected chi connectivity index (χ1v) is 6.73. The van der Waals surface area contributed by atoms with Crippen molar-refractivity contribution in [3.05, 3.63) is 30.1 Å². The van der Waals surface area contributed by atoms with E-state index in [2.05, 4.69) is 23.4 Å². The second-order valence-electron chi connectivity index (χ2n) is 4.51. The van der Waals surface area contributed by atoms with Gasteiger partial charge in [-0.1, -0.05) is 6.07 Å². The number of hydrogen-bond donors (Lipinski definition) is 2. The maximum absolute atomic E-state index is 5.69. The smallest absolute Gasteiger partial charge is 0.0420 e. The molecule has 0 aromatic carbocycles. The number of hydrogen-bond acceptors (Lipinski definition) is 4. The highest BCUT2D eigenvalue weighted by Crippen LogP contribution is 2.40. The zero-order chi connectivity index (χ0) is 11.4. The molecule has 1 fully saturated rings. The second kappa shape index (κ2) is 5.17. The molecule has 3 nitrogen and oxygen atoms in total. The number of nitrogens with one attached hydrogen (secondary N) is 1. The van der Waals surface area contributed by atoms with Crippen LogP contribution in [0.3, 0.4) is 0 Å². The first-order valence-electron chi connectivity index (χ1n) is 5.74. The van der Waals surface area contributed by atoms with E-state index in [1.165, 1.54) is 18.6 Å². The van der Waals surface area contributed by atoms with E-state index in [0.717, 1.165) is 12.1 Å². The number of thioether (sulfide) groups is 1. The molecular weight excluding hydrogens is 218 g/mol. The largest absolute Gasteiger partial charge is 0.271 e. The predicted molar refractivity (Wildman–Crippen MR) is 69.1 cm³/mol. The number of hydrazine groups is 1. The van der Waals surface area contributed by atoms with Gasteiger partial charge in [-0.2, -0.15) is 11.8 Å². The predicted octanol–water partition coefficient (Wildman–Crippen LogP) is 1.74. The van der Waals surface area contributed by atoms with Crippen LogP contribution in [-0.4, -0.2) is 21.5 Å². The van der Waals surface area contributed by atoms with E-state index < -0.39 is 0 Å². The van der Waals surface area contributed by atoms with Crippen LogP contribution in [0.2, 0.25) is 0 Å². The zero-order valence-corrected chi connectivity index (χ0v) is 10.5. The Morgan fingerprint density at radius 2 is 2.50 bits per heavy atom. The molecule has 2 atom stereocenters. The van der Waals surface area contributed by atoms with Crippen molar-refractivity contribution in [1.29, 1.82) is 0 Å². The maximum Gasteiger partial charge on any atom is 0.0420 e. The number of nitrogens with two attached hydrogens (primary N) is 1. The molecule has 1 aromatic rings. The lowest BCUT2D eigenvalue weighted by Gasteiger charge is -2.32. The molecule has 0 saturated carbocycles. The summed E-state index contributed by atoms with van der Waals surface area (Å²) in [5.74, 6) is 6.94. The van der Waals surface area contributed by atoms with E-state index in [1.54, 1.807) is 0 Å². The second-order valence-corrected chi connectivity index (χ2v) is 6.14. The fraction of sp³-hybridized carbons (Fsp3) is 0.583. The van der Waals surface area contributed by atoms with Crippen molar-refractivity contribution < 1.29 is 0 Å². The van der Waals surface area contributed by atoms with Gasteiger partial charge in [-0.05, 0) is 37.7 Å². The van der Waals surface area contributed by atoms with Gasteiger partial charge in [0.25, 0.3) is 0 Å². The molecule has 0 radical (unpaired) electrons. The molecule has 16 heavy (non-hydrogen) atoms. The van der Waals surface area contributed by atoms with Crippen molar-refractivity contribution in [2.24, 2.45) is 5.84 Å². The summed E-state index contributed by atoms with van der Waals surface area (Å²) in [5, 5.41) is 0. The van der Waals surface area contributed by atoms with Crippen LogP contribution in [0.25, 0.3) is 0 Å². The third-order valence-corrected chi connectivity index (χ3v) is 4.97. The molecule has 2 heterocycles. The van der Waals surface area contributed by atoms with Crippen LogP contribution >= 0.6 is 11.8 Å². The first-order chi connectivity index (χ1) is 7.74. The Hall–Kier alpha value is -0.580. The molecule has 0 aliphatic carbocycles. The number of nitrogens with zero attached hydrogens (tertiary/aromatic N) is 1. The lowest BCUT2D eigenvalue weighted by molar-refractivity contribution is 0.403. The normalized spacial score (nSPS) is 26.9. The Kier molecular flexibility index (Phi) is 3.84. The molecule has 1 aliphatic rings. The topological polar surface area (TPSA) is 50.9 Å². The third kappa shape index (κ3) is 2.56.